The molecule has 1 aliphatic carbocycles. The smallest absolute Gasteiger partial charge is 0.343 e. The van der Waals surface area contributed by atoms with Crippen LogP contribution < -0.4 is 0 Å². The summed E-state index contributed by atoms with van der Waals surface area (Å²) in [6.45, 7) is 1.96. The molecule has 0 radical (unpaired) electrons. The van der Waals surface area contributed by atoms with Gasteiger partial charge in [0.25, 0.3) is 0 Å². The Morgan fingerprint density at radius 2 is 2.27 bits per heavy atom. The van der Waals surface area contributed by atoms with E-state index in [2.05, 4.69) is 0 Å². The molecule has 0 saturated heterocycles. The molecule has 0 aliphatic heterocycles. The predicted octanol–water partition coefficient (Wildman–Crippen LogP) is 2.36. The lowest BCUT2D eigenvalue weighted by atomic mass is 10.0. The van der Waals surface area contributed by atoms with E-state index in [0.717, 1.165) is 16.7 Å². The molecule has 2 nitrogen and oxygen atoms in total. The highest BCUT2D eigenvalue weighted by Gasteiger charge is 2.26. The van der Waals surface area contributed by atoms with Gasteiger partial charge in [0.15, 0.2) is 0 Å². The second-order valence-corrected chi connectivity index (χ2v) is 3.72. The molecule has 1 aromatic rings. The van der Waals surface area contributed by atoms with Gasteiger partial charge in [-0.2, -0.15) is 0 Å². The first-order valence-electron chi connectivity index (χ1n) is 4.76. The molecular formula is C12H11FO2. The number of carboxylic acids is 1. The van der Waals surface area contributed by atoms with Crippen LogP contribution in [0.1, 0.15) is 16.7 Å². The Morgan fingerprint density at radius 3 is 2.93 bits per heavy atom. The Kier molecular flexibility index (Phi) is 2.31. The zero-order chi connectivity index (χ0) is 11.0. The molecule has 0 saturated carbocycles. The first kappa shape index (κ1) is 9.90. The van der Waals surface area contributed by atoms with Crippen molar-refractivity contribution in [2.45, 2.75) is 19.5 Å². The van der Waals surface area contributed by atoms with Crippen molar-refractivity contribution < 1.29 is 14.3 Å². The number of hydrogen-bond acceptors (Lipinski definition) is 1. The molecule has 3 heteroatoms. The third-order valence-electron chi connectivity index (χ3n) is 2.60. The lowest BCUT2D eigenvalue weighted by Crippen LogP contribution is -2.15. The van der Waals surface area contributed by atoms with Crippen molar-refractivity contribution in [3.63, 3.8) is 0 Å². The van der Waals surface area contributed by atoms with Crippen LogP contribution in [0.15, 0.2) is 24.3 Å². The van der Waals surface area contributed by atoms with Gasteiger partial charge in [0.1, 0.15) is 0 Å². The van der Waals surface area contributed by atoms with Gasteiger partial charge in [-0.1, -0.05) is 29.8 Å². The van der Waals surface area contributed by atoms with Gasteiger partial charge in [-0.15, -0.1) is 0 Å². The predicted molar refractivity (Wildman–Crippen MR) is 55.4 cm³/mol. The van der Waals surface area contributed by atoms with Crippen molar-refractivity contribution in [3.05, 3.63) is 41.0 Å². The maximum absolute atomic E-state index is 13.3. The minimum absolute atomic E-state index is 0.289. The lowest BCUT2D eigenvalue weighted by Gasteiger charge is -2.07. The van der Waals surface area contributed by atoms with Gasteiger partial charge in [0.2, 0.25) is 6.17 Å². The van der Waals surface area contributed by atoms with Crippen molar-refractivity contribution in [1.29, 1.82) is 0 Å². The Hall–Kier alpha value is -1.64. The van der Waals surface area contributed by atoms with E-state index >= 15 is 0 Å². The van der Waals surface area contributed by atoms with E-state index in [4.69, 9.17) is 5.11 Å². The number of halogens is 1. The van der Waals surface area contributed by atoms with Crippen LogP contribution >= 0.6 is 0 Å². The molecule has 1 N–H and O–H groups in total. The maximum Gasteiger partial charge on any atom is 0.343 e. The van der Waals surface area contributed by atoms with Gasteiger partial charge in [0.05, 0.1) is 0 Å². The molecule has 0 heterocycles. The summed E-state index contributed by atoms with van der Waals surface area (Å²) in [5.74, 6) is -1.42. The summed E-state index contributed by atoms with van der Waals surface area (Å²) >= 11 is 0. The third-order valence-corrected chi connectivity index (χ3v) is 2.60. The fourth-order valence-electron chi connectivity index (χ4n) is 1.88. The van der Waals surface area contributed by atoms with Gasteiger partial charge in [-0.25, -0.2) is 9.18 Å². The van der Waals surface area contributed by atoms with Gasteiger partial charge in [-0.3, -0.25) is 0 Å². The van der Waals surface area contributed by atoms with E-state index in [1.165, 1.54) is 0 Å². The van der Waals surface area contributed by atoms with Crippen molar-refractivity contribution in [1.82, 2.24) is 0 Å². The van der Waals surface area contributed by atoms with E-state index < -0.39 is 12.1 Å². The van der Waals surface area contributed by atoms with Crippen molar-refractivity contribution in [2.24, 2.45) is 0 Å². The van der Waals surface area contributed by atoms with Crippen LogP contribution in [0.5, 0.6) is 0 Å². The van der Waals surface area contributed by atoms with Crippen LogP contribution in [0.4, 0.5) is 4.39 Å². The Bertz CT molecular complexity index is 449. The Morgan fingerprint density at radius 1 is 1.53 bits per heavy atom. The molecule has 78 valence electrons. The summed E-state index contributed by atoms with van der Waals surface area (Å²) in [6.07, 6.45) is 0.372. The second-order valence-electron chi connectivity index (χ2n) is 3.72. The first-order chi connectivity index (χ1) is 7.09. The van der Waals surface area contributed by atoms with Crippen LogP contribution in [-0.4, -0.2) is 17.2 Å². The van der Waals surface area contributed by atoms with E-state index in [1.807, 2.05) is 19.1 Å². The summed E-state index contributed by atoms with van der Waals surface area (Å²) in [7, 11) is 0. The molecule has 0 fully saturated rings. The topological polar surface area (TPSA) is 37.3 Å². The fraction of sp³-hybridized carbons (Fsp3) is 0.250. The fourth-order valence-corrected chi connectivity index (χ4v) is 1.88. The third kappa shape index (κ3) is 1.65. The lowest BCUT2D eigenvalue weighted by molar-refractivity contribution is -0.140. The molecule has 0 amide bonds. The van der Waals surface area contributed by atoms with Gasteiger partial charge in [0, 0.05) is 5.57 Å². The molecule has 1 atom stereocenters. The normalized spacial score (nSPS) is 15.7. The molecular weight excluding hydrogens is 195 g/mol. The molecule has 15 heavy (non-hydrogen) atoms. The molecule has 1 unspecified atom stereocenters. The van der Waals surface area contributed by atoms with Crippen LogP contribution in [0.3, 0.4) is 0 Å². The number of allylic oxidation sites excluding steroid dienone is 1. The Balaban J connectivity index is 2.39. The van der Waals surface area contributed by atoms with Gasteiger partial charge >= 0.3 is 5.97 Å². The number of rotatable bonds is 2. The largest absolute Gasteiger partial charge is 0.479 e. The summed E-state index contributed by atoms with van der Waals surface area (Å²) in [5, 5.41) is 8.61. The van der Waals surface area contributed by atoms with Crippen molar-refractivity contribution in [3.8, 4) is 0 Å². The van der Waals surface area contributed by atoms with Gasteiger partial charge in [-0.05, 0) is 24.5 Å². The molecule has 0 bridgehead atoms. The summed E-state index contributed by atoms with van der Waals surface area (Å²) in [5.41, 5.74) is 3.14. The number of carbonyl (C=O) groups is 1. The van der Waals surface area contributed by atoms with Crippen LogP contribution in [0.25, 0.3) is 5.57 Å². The maximum atomic E-state index is 13.3. The standard InChI is InChI=1S/C12H11FO2/c1-7-2-4-9-8(6-7)3-5-10(9)11(13)12(14)15/h2,4-6,11H,3H2,1H3,(H,14,15). The molecule has 2 rings (SSSR count). The minimum atomic E-state index is -1.91. The number of hydrogen-bond donors (Lipinski definition) is 1. The highest BCUT2D eigenvalue weighted by Crippen LogP contribution is 2.31. The SMILES string of the molecule is Cc1ccc2c(c1)CC=C2C(F)C(=O)O. The molecule has 1 aliphatic rings. The number of aliphatic carboxylic acids is 1. The average Bonchev–Trinajstić information content (AvgIpc) is 2.59. The number of alkyl halides is 1. The van der Waals surface area contributed by atoms with E-state index in [-0.39, 0.29) is 5.57 Å². The Labute approximate surface area is 87.0 Å². The van der Waals surface area contributed by atoms with Crippen molar-refractivity contribution in [2.75, 3.05) is 0 Å². The number of benzene rings is 1. The summed E-state index contributed by atoms with van der Waals surface area (Å²) in [4.78, 5) is 10.5. The number of aryl methyl sites for hydroxylation is 1. The highest BCUT2D eigenvalue weighted by atomic mass is 19.1. The first-order valence-corrected chi connectivity index (χ1v) is 4.76. The summed E-state index contributed by atoms with van der Waals surface area (Å²) < 4.78 is 13.3. The van der Waals surface area contributed by atoms with E-state index in [1.54, 1.807) is 12.1 Å². The van der Waals surface area contributed by atoms with Crippen molar-refractivity contribution >= 4 is 11.5 Å². The zero-order valence-corrected chi connectivity index (χ0v) is 8.33. The molecule has 0 spiro atoms. The second kappa shape index (κ2) is 3.50. The molecule has 1 aromatic carbocycles. The number of fused-ring (bicyclic) bond motifs is 1. The van der Waals surface area contributed by atoms with Gasteiger partial charge < -0.3 is 5.11 Å². The summed E-state index contributed by atoms with van der Waals surface area (Å²) in [6, 6.07) is 5.62. The van der Waals surface area contributed by atoms with E-state index in [0.29, 0.717) is 6.42 Å². The molecule has 0 aromatic heterocycles. The zero-order valence-electron chi connectivity index (χ0n) is 8.33. The quantitative estimate of drug-likeness (QED) is 0.806. The van der Waals surface area contributed by atoms with E-state index in [9.17, 15) is 9.18 Å². The van der Waals surface area contributed by atoms with Crippen LogP contribution in [-0.2, 0) is 11.2 Å². The van der Waals surface area contributed by atoms with Crippen LogP contribution in [0.2, 0.25) is 0 Å². The number of carboxylic acid groups (broad SMARTS) is 1. The highest BCUT2D eigenvalue weighted by molar-refractivity contribution is 5.92. The monoisotopic (exact) mass is 206 g/mol. The van der Waals surface area contributed by atoms with Crippen LogP contribution in [0, 0.1) is 6.92 Å². The average molecular weight is 206 g/mol. The minimum Gasteiger partial charge on any atom is -0.479 e.